The van der Waals surface area contributed by atoms with E-state index in [9.17, 15) is 9.59 Å². The van der Waals surface area contributed by atoms with Crippen LogP contribution >= 0.6 is 0 Å². The molecule has 0 saturated heterocycles. The fourth-order valence-corrected chi connectivity index (χ4v) is 1.36. The molecule has 1 amide bonds. The summed E-state index contributed by atoms with van der Waals surface area (Å²) in [6.45, 7) is 1.60. The Bertz CT molecular complexity index is 467. The fourth-order valence-electron chi connectivity index (χ4n) is 1.36. The van der Waals surface area contributed by atoms with E-state index in [1.165, 1.54) is 12.3 Å². The lowest BCUT2D eigenvalue weighted by atomic mass is 10.0. The number of hydrogen-bond acceptors (Lipinski definition) is 4. The standard InChI is InChI=1S/C12H13N3O3/c1-8(7-13)6-10(12(17)18)15-11(16)9-4-2-3-5-14-9/h2-5,8,10H,6H2,1H3,(H,15,16)(H,17,18)/t8-,10+/m1/s1. The molecule has 0 spiro atoms. The van der Waals surface area contributed by atoms with E-state index >= 15 is 0 Å². The summed E-state index contributed by atoms with van der Waals surface area (Å²) in [6, 6.07) is 5.62. The third-order valence-electron chi connectivity index (χ3n) is 2.31. The first-order chi connectivity index (χ1) is 8.54. The lowest BCUT2D eigenvalue weighted by molar-refractivity contribution is -0.139. The first-order valence-corrected chi connectivity index (χ1v) is 5.39. The van der Waals surface area contributed by atoms with Crippen molar-refractivity contribution in [2.45, 2.75) is 19.4 Å². The highest BCUT2D eigenvalue weighted by molar-refractivity contribution is 5.94. The van der Waals surface area contributed by atoms with Crippen molar-refractivity contribution in [2.24, 2.45) is 5.92 Å². The van der Waals surface area contributed by atoms with E-state index in [2.05, 4.69) is 10.3 Å². The minimum absolute atomic E-state index is 0.0599. The highest BCUT2D eigenvalue weighted by Gasteiger charge is 2.23. The summed E-state index contributed by atoms with van der Waals surface area (Å²) in [5.74, 6) is -2.18. The van der Waals surface area contributed by atoms with Gasteiger partial charge in [-0.3, -0.25) is 9.78 Å². The number of amides is 1. The first kappa shape index (κ1) is 13.6. The van der Waals surface area contributed by atoms with Gasteiger partial charge in [0.25, 0.3) is 5.91 Å². The zero-order valence-corrected chi connectivity index (χ0v) is 9.83. The molecule has 0 radical (unpaired) electrons. The number of aromatic nitrogens is 1. The maximum absolute atomic E-state index is 11.7. The SMILES string of the molecule is C[C@@H](C#N)C[C@H](NC(=O)c1ccccn1)C(=O)O. The molecular weight excluding hydrogens is 234 g/mol. The van der Waals surface area contributed by atoms with Gasteiger partial charge in [-0.25, -0.2) is 4.79 Å². The molecule has 6 nitrogen and oxygen atoms in total. The van der Waals surface area contributed by atoms with Gasteiger partial charge in [-0.05, 0) is 25.5 Å². The Balaban J connectivity index is 2.71. The average molecular weight is 247 g/mol. The zero-order chi connectivity index (χ0) is 13.5. The highest BCUT2D eigenvalue weighted by atomic mass is 16.4. The molecule has 1 aromatic rings. The number of carbonyl (C=O) groups excluding carboxylic acids is 1. The molecule has 0 aliphatic carbocycles. The minimum Gasteiger partial charge on any atom is -0.480 e. The van der Waals surface area contributed by atoms with Crippen molar-refractivity contribution in [3.63, 3.8) is 0 Å². The van der Waals surface area contributed by atoms with Crippen LogP contribution in [0, 0.1) is 17.2 Å². The Hall–Kier alpha value is -2.42. The number of nitriles is 1. The molecule has 2 atom stereocenters. The fraction of sp³-hybridized carbons (Fsp3) is 0.333. The number of hydrogen-bond donors (Lipinski definition) is 2. The van der Waals surface area contributed by atoms with Gasteiger partial charge in [-0.15, -0.1) is 0 Å². The normalized spacial score (nSPS) is 13.1. The van der Waals surface area contributed by atoms with E-state index in [-0.39, 0.29) is 12.1 Å². The number of carboxylic acid groups (broad SMARTS) is 1. The van der Waals surface area contributed by atoms with Gasteiger partial charge in [0.2, 0.25) is 0 Å². The maximum Gasteiger partial charge on any atom is 0.326 e. The number of aliphatic carboxylic acids is 1. The van der Waals surface area contributed by atoms with Gasteiger partial charge >= 0.3 is 5.97 Å². The predicted octanol–water partition coefficient (Wildman–Crippen LogP) is 0.814. The van der Waals surface area contributed by atoms with Crippen molar-refractivity contribution in [1.82, 2.24) is 10.3 Å². The Morgan fingerprint density at radius 1 is 1.56 bits per heavy atom. The Morgan fingerprint density at radius 2 is 2.28 bits per heavy atom. The van der Waals surface area contributed by atoms with Crippen LogP contribution in [-0.4, -0.2) is 28.0 Å². The molecule has 0 aliphatic rings. The molecule has 2 N–H and O–H groups in total. The first-order valence-electron chi connectivity index (χ1n) is 5.39. The van der Waals surface area contributed by atoms with E-state index < -0.39 is 23.8 Å². The summed E-state index contributed by atoms with van der Waals surface area (Å²) in [7, 11) is 0. The average Bonchev–Trinajstić information content (AvgIpc) is 2.38. The smallest absolute Gasteiger partial charge is 0.326 e. The maximum atomic E-state index is 11.7. The Kier molecular flexibility index (Phi) is 4.81. The van der Waals surface area contributed by atoms with E-state index in [0.29, 0.717) is 0 Å². The summed E-state index contributed by atoms with van der Waals surface area (Å²) in [5.41, 5.74) is 0.147. The monoisotopic (exact) mass is 247 g/mol. The van der Waals surface area contributed by atoms with Crippen molar-refractivity contribution >= 4 is 11.9 Å². The quantitative estimate of drug-likeness (QED) is 0.801. The predicted molar refractivity (Wildman–Crippen MR) is 62.5 cm³/mol. The van der Waals surface area contributed by atoms with Crippen LogP contribution in [0.1, 0.15) is 23.8 Å². The number of nitrogens with one attached hydrogen (secondary N) is 1. The van der Waals surface area contributed by atoms with E-state index in [1.54, 1.807) is 19.1 Å². The molecule has 0 aromatic carbocycles. The van der Waals surface area contributed by atoms with Gasteiger partial charge < -0.3 is 10.4 Å². The van der Waals surface area contributed by atoms with E-state index in [1.807, 2.05) is 6.07 Å². The summed E-state index contributed by atoms with van der Waals surface area (Å²) in [5, 5.41) is 20.0. The van der Waals surface area contributed by atoms with Crippen molar-refractivity contribution < 1.29 is 14.7 Å². The van der Waals surface area contributed by atoms with E-state index in [4.69, 9.17) is 10.4 Å². The number of nitrogens with zero attached hydrogens (tertiary/aromatic N) is 2. The van der Waals surface area contributed by atoms with Gasteiger partial charge in [0, 0.05) is 12.1 Å². The van der Waals surface area contributed by atoms with Crippen molar-refractivity contribution in [3.8, 4) is 6.07 Å². The minimum atomic E-state index is -1.17. The van der Waals surface area contributed by atoms with Crippen molar-refractivity contribution in [3.05, 3.63) is 30.1 Å². The second kappa shape index (κ2) is 6.35. The lowest BCUT2D eigenvalue weighted by Crippen LogP contribution is -2.42. The summed E-state index contributed by atoms with van der Waals surface area (Å²) >= 11 is 0. The number of rotatable bonds is 5. The van der Waals surface area contributed by atoms with Crippen LogP contribution in [0.4, 0.5) is 0 Å². The highest BCUT2D eigenvalue weighted by Crippen LogP contribution is 2.06. The van der Waals surface area contributed by atoms with Crippen LogP contribution in [0.25, 0.3) is 0 Å². The summed E-state index contributed by atoms with van der Waals surface area (Å²) in [6.07, 6.45) is 1.51. The van der Waals surface area contributed by atoms with Crippen LogP contribution in [0.15, 0.2) is 24.4 Å². The zero-order valence-electron chi connectivity index (χ0n) is 9.83. The second-order valence-electron chi connectivity index (χ2n) is 3.85. The summed E-state index contributed by atoms with van der Waals surface area (Å²) < 4.78 is 0. The molecular formula is C12H13N3O3. The van der Waals surface area contributed by atoms with Crippen molar-refractivity contribution in [1.29, 1.82) is 5.26 Å². The van der Waals surface area contributed by atoms with Gasteiger partial charge in [0.1, 0.15) is 11.7 Å². The summed E-state index contributed by atoms with van der Waals surface area (Å²) in [4.78, 5) is 26.5. The molecule has 1 rings (SSSR count). The van der Waals surface area contributed by atoms with Crippen LogP contribution in [0.3, 0.4) is 0 Å². The Labute approximate surface area is 104 Å². The van der Waals surface area contributed by atoms with Crippen LogP contribution in [0.5, 0.6) is 0 Å². The third-order valence-corrected chi connectivity index (χ3v) is 2.31. The largest absolute Gasteiger partial charge is 0.480 e. The second-order valence-corrected chi connectivity index (χ2v) is 3.85. The van der Waals surface area contributed by atoms with Crippen LogP contribution in [-0.2, 0) is 4.79 Å². The van der Waals surface area contributed by atoms with Crippen LogP contribution < -0.4 is 5.32 Å². The molecule has 94 valence electrons. The molecule has 0 bridgehead atoms. The topological polar surface area (TPSA) is 103 Å². The van der Waals surface area contributed by atoms with Gasteiger partial charge in [0.05, 0.1) is 6.07 Å². The molecule has 0 aliphatic heterocycles. The molecule has 0 saturated carbocycles. The number of pyridine rings is 1. The lowest BCUT2D eigenvalue weighted by Gasteiger charge is -2.14. The van der Waals surface area contributed by atoms with Gasteiger partial charge in [0.15, 0.2) is 0 Å². The molecule has 1 heterocycles. The third kappa shape index (κ3) is 3.87. The molecule has 0 unspecified atom stereocenters. The van der Waals surface area contributed by atoms with Gasteiger partial charge in [-0.1, -0.05) is 6.07 Å². The van der Waals surface area contributed by atoms with Crippen molar-refractivity contribution in [2.75, 3.05) is 0 Å². The Morgan fingerprint density at radius 3 is 2.78 bits per heavy atom. The van der Waals surface area contributed by atoms with E-state index in [0.717, 1.165) is 0 Å². The number of carbonyl (C=O) groups is 2. The number of carboxylic acids is 1. The molecule has 18 heavy (non-hydrogen) atoms. The molecule has 0 fully saturated rings. The molecule has 6 heteroatoms. The van der Waals surface area contributed by atoms with Crippen LogP contribution in [0.2, 0.25) is 0 Å². The molecule has 1 aromatic heterocycles. The van der Waals surface area contributed by atoms with Gasteiger partial charge in [-0.2, -0.15) is 5.26 Å².